The molecule has 1 aliphatic carbocycles. The molecule has 3 rings (SSSR count). The van der Waals surface area contributed by atoms with Crippen LogP contribution >= 0.6 is 0 Å². The average molecular weight is 264 g/mol. The Morgan fingerprint density at radius 2 is 2.16 bits per heavy atom. The van der Waals surface area contributed by atoms with Crippen LogP contribution in [0.5, 0.6) is 0 Å². The van der Waals surface area contributed by atoms with Crippen LogP contribution in [0.15, 0.2) is 12.3 Å². The Kier molecular flexibility index (Phi) is 4.18. The van der Waals surface area contributed by atoms with Crippen LogP contribution in [0.3, 0.4) is 0 Å². The summed E-state index contributed by atoms with van der Waals surface area (Å²) in [5.74, 6) is 0. The Morgan fingerprint density at radius 3 is 2.89 bits per heavy atom. The lowest BCUT2D eigenvalue weighted by Crippen LogP contribution is -2.19. The van der Waals surface area contributed by atoms with Gasteiger partial charge < -0.3 is 9.84 Å². The Labute approximate surface area is 114 Å². The fourth-order valence-electron chi connectivity index (χ4n) is 3.32. The maximum atomic E-state index is 10.1. The number of rotatable bonds is 5. The van der Waals surface area contributed by atoms with Crippen LogP contribution in [0.4, 0.5) is 0 Å². The molecule has 2 atom stereocenters. The highest BCUT2D eigenvalue weighted by molar-refractivity contribution is 5.02. The van der Waals surface area contributed by atoms with Gasteiger partial charge in [0.25, 0.3) is 0 Å². The monoisotopic (exact) mass is 264 g/mol. The van der Waals surface area contributed by atoms with E-state index in [9.17, 15) is 5.11 Å². The van der Waals surface area contributed by atoms with E-state index in [1.165, 1.54) is 25.7 Å². The second-order valence-electron chi connectivity index (χ2n) is 5.95. The molecule has 106 valence electrons. The molecule has 0 bridgehead atoms. The van der Waals surface area contributed by atoms with E-state index in [1.54, 1.807) is 0 Å². The molecular weight excluding hydrogens is 240 g/mol. The lowest BCUT2D eigenvalue weighted by atomic mass is 10.1. The smallest absolute Gasteiger partial charge is 0.0650 e. The molecule has 0 spiro atoms. The Bertz CT molecular complexity index is 393. The Hall–Kier alpha value is -0.870. The molecule has 2 heterocycles. The third-order valence-electron chi connectivity index (χ3n) is 4.37. The molecule has 2 unspecified atom stereocenters. The van der Waals surface area contributed by atoms with Crippen molar-refractivity contribution in [2.24, 2.45) is 0 Å². The lowest BCUT2D eigenvalue weighted by Gasteiger charge is -2.14. The number of hydrogen-bond acceptors (Lipinski definition) is 3. The topological polar surface area (TPSA) is 47.3 Å². The van der Waals surface area contributed by atoms with Gasteiger partial charge in [-0.25, -0.2) is 0 Å². The van der Waals surface area contributed by atoms with Gasteiger partial charge in [0.1, 0.15) is 0 Å². The second-order valence-corrected chi connectivity index (χ2v) is 5.95. The molecule has 4 nitrogen and oxygen atoms in total. The van der Waals surface area contributed by atoms with Crippen LogP contribution < -0.4 is 0 Å². The molecule has 0 radical (unpaired) electrons. The van der Waals surface area contributed by atoms with Crippen LogP contribution in [-0.2, 0) is 11.2 Å². The van der Waals surface area contributed by atoms with Gasteiger partial charge in [0.15, 0.2) is 0 Å². The summed E-state index contributed by atoms with van der Waals surface area (Å²) < 4.78 is 7.66. The number of aliphatic hydroxyl groups is 1. The van der Waals surface area contributed by atoms with Gasteiger partial charge in [-0.3, -0.25) is 4.68 Å². The van der Waals surface area contributed by atoms with Crippen molar-refractivity contribution in [2.45, 2.75) is 69.6 Å². The first-order valence-electron chi connectivity index (χ1n) is 7.65. The van der Waals surface area contributed by atoms with Crippen molar-refractivity contribution in [3.8, 4) is 0 Å². The Balaban J connectivity index is 1.51. The predicted molar refractivity (Wildman–Crippen MR) is 73.0 cm³/mol. The van der Waals surface area contributed by atoms with Crippen molar-refractivity contribution < 1.29 is 9.84 Å². The fraction of sp³-hybridized carbons (Fsp3) is 0.800. The number of hydrogen-bond donors (Lipinski definition) is 1. The van der Waals surface area contributed by atoms with Crippen molar-refractivity contribution in [1.29, 1.82) is 0 Å². The van der Waals surface area contributed by atoms with Crippen LogP contribution in [-0.4, -0.2) is 33.7 Å². The van der Waals surface area contributed by atoms with Gasteiger partial charge in [0, 0.05) is 19.2 Å². The third kappa shape index (κ3) is 3.37. The van der Waals surface area contributed by atoms with Crippen molar-refractivity contribution >= 4 is 0 Å². The van der Waals surface area contributed by atoms with Gasteiger partial charge in [0.05, 0.1) is 23.9 Å². The summed E-state index contributed by atoms with van der Waals surface area (Å²) >= 11 is 0. The van der Waals surface area contributed by atoms with E-state index in [1.807, 2.05) is 0 Å². The van der Waals surface area contributed by atoms with Gasteiger partial charge in [-0.05, 0) is 38.2 Å². The van der Waals surface area contributed by atoms with Crippen molar-refractivity contribution in [3.63, 3.8) is 0 Å². The van der Waals surface area contributed by atoms with Crippen molar-refractivity contribution in [2.75, 3.05) is 6.61 Å². The largest absolute Gasteiger partial charge is 0.393 e. The van der Waals surface area contributed by atoms with E-state index in [4.69, 9.17) is 4.74 Å². The first-order valence-corrected chi connectivity index (χ1v) is 7.65. The van der Waals surface area contributed by atoms with Crippen LogP contribution in [0.2, 0.25) is 0 Å². The second kappa shape index (κ2) is 6.06. The summed E-state index contributed by atoms with van der Waals surface area (Å²) in [6.07, 6.45) is 10.8. The van der Waals surface area contributed by atoms with Gasteiger partial charge in [-0.15, -0.1) is 0 Å². The molecule has 1 saturated carbocycles. The van der Waals surface area contributed by atoms with Crippen molar-refractivity contribution in [3.05, 3.63) is 18.0 Å². The zero-order chi connectivity index (χ0) is 13.1. The molecular formula is C15H24N2O2. The molecule has 1 aromatic rings. The minimum Gasteiger partial charge on any atom is -0.393 e. The molecule has 1 aliphatic heterocycles. The fourth-order valence-corrected chi connectivity index (χ4v) is 3.32. The maximum absolute atomic E-state index is 10.1. The van der Waals surface area contributed by atoms with Gasteiger partial charge in [-0.2, -0.15) is 5.10 Å². The summed E-state index contributed by atoms with van der Waals surface area (Å²) in [6.45, 7) is 0.855. The highest BCUT2D eigenvalue weighted by atomic mass is 16.5. The highest BCUT2D eigenvalue weighted by Crippen LogP contribution is 2.28. The van der Waals surface area contributed by atoms with E-state index < -0.39 is 0 Å². The van der Waals surface area contributed by atoms with E-state index in [-0.39, 0.29) is 12.2 Å². The molecule has 1 N–H and O–H groups in total. The van der Waals surface area contributed by atoms with E-state index in [0.717, 1.165) is 31.6 Å². The summed E-state index contributed by atoms with van der Waals surface area (Å²) in [6, 6.07) is 2.64. The van der Waals surface area contributed by atoms with Gasteiger partial charge in [-0.1, -0.05) is 12.8 Å². The summed E-state index contributed by atoms with van der Waals surface area (Å²) in [5, 5.41) is 14.7. The average Bonchev–Trinajstić information content (AvgIpc) is 3.09. The van der Waals surface area contributed by atoms with E-state index in [2.05, 4.69) is 22.0 Å². The summed E-state index contributed by atoms with van der Waals surface area (Å²) in [7, 11) is 0. The predicted octanol–water partition coefficient (Wildman–Crippen LogP) is 2.47. The highest BCUT2D eigenvalue weighted by Gasteiger charge is 2.21. The lowest BCUT2D eigenvalue weighted by molar-refractivity contribution is 0.0537. The molecule has 2 aliphatic rings. The van der Waals surface area contributed by atoms with E-state index in [0.29, 0.717) is 12.5 Å². The number of aromatic nitrogens is 2. The molecule has 1 aromatic heterocycles. The maximum Gasteiger partial charge on any atom is 0.0650 e. The summed E-state index contributed by atoms with van der Waals surface area (Å²) in [4.78, 5) is 0. The Morgan fingerprint density at radius 1 is 1.32 bits per heavy atom. The number of aliphatic hydroxyl groups excluding tert-OH is 1. The van der Waals surface area contributed by atoms with E-state index >= 15 is 0 Å². The SMILES string of the molecule is OC(Cc1ccn(C2CCCC2)n1)CC1CCCO1. The normalized spacial score (nSPS) is 26.1. The van der Waals surface area contributed by atoms with Gasteiger partial charge in [0.2, 0.25) is 0 Å². The quantitative estimate of drug-likeness (QED) is 0.888. The van der Waals surface area contributed by atoms with Crippen molar-refractivity contribution in [1.82, 2.24) is 9.78 Å². The van der Waals surface area contributed by atoms with Crippen LogP contribution in [0, 0.1) is 0 Å². The molecule has 2 fully saturated rings. The number of ether oxygens (including phenoxy) is 1. The first kappa shape index (κ1) is 13.1. The standard InChI is InChI=1S/C15H24N2O2/c18-14(11-15-6-3-9-19-15)10-12-7-8-17(16-12)13-4-1-2-5-13/h7-8,13-15,18H,1-6,9-11H2. The number of nitrogens with zero attached hydrogens (tertiary/aromatic N) is 2. The third-order valence-corrected chi connectivity index (χ3v) is 4.37. The molecule has 0 amide bonds. The summed E-state index contributed by atoms with van der Waals surface area (Å²) in [5.41, 5.74) is 1.01. The molecule has 0 aromatic carbocycles. The van der Waals surface area contributed by atoms with Gasteiger partial charge >= 0.3 is 0 Å². The molecule has 1 saturated heterocycles. The minimum atomic E-state index is -0.324. The minimum absolute atomic E-state index is 0.256. The first-order chi connectivity index (χ1) is 9.31. The molecule has 4 heteroatoms. The zero-order valence-corrected chi connectivity index (χ0v) is 11.5. The molecule has 19 heavy (non-hydrogen) atoms. The van der Waals surface area contributed by atoms with Crippen LogP contribution in [0.25, 0.3) is 0 Å². The zero-order valence-electron chi connectivity index (χ0n) is 11.5. The van der Waals surface area contributed by atoms with Crippen LogP contribution in [0.1, 0.15) is 56.7 Å².